The van der Waals surface area contributed by atoms with Gasteiger partial charge in [0.25, 0.3) is 0 Å². The molecule has 2 bridgehead atoms. The molecular weight excluding hydrogens is 200 g/mol. The monoisotopic (exact) mass is 224 g/mol. The fraction of sp³-hybridized carbons (Fsp3) is 0.923. The topological polar surface area (TPSA) is 32.3 Å². The molecule has 3 heteroatoms. The van der Waals surface area contributed by atoms with Crippen molar-refractivity contribution in [2.75, 3.05) is 13.6 Å². The normalized spacial score (nSPS) is 32.0. The maximum Gasteiger partial charge on any atom is 0.227 e. The Morgan fingerprint density at radius 1 is 1.38 bits per heavy atom. The Bertz CT molecular complexity index is 254. The molecule has 0 aromatic rings. The summed E-state index contributed by atoms with van der Waals surface area (Å²) in [5, 5.41) is 3.53. The van der Waals surface area contributed by atoms with Gasteiger partial charge in [-0.05, 0) is 25.7 Å². The smallest absolute Gasteiger partial charge is 0.227 e. The quantitative estimate of drug-likeness (QED) is 0.722. The second-order valence-corrected chi connectivity index (χ2v) is 5.36. The number of hydrogen-bond acceptors (Lipinski definition) is 2. The lowest BCUT2D eigenvalue weighted by Gasteiger charge is -2.25. The van der Waals surface area contributed by atoms with Crippen LogP contribution >= 0.6 is 0 Å². The fourth-order valence-corrected chi connectivity index (χ4v) is 3.09. The van der Waals surface area contributed by atoms with Crippen molar-refractivity contribution in [3.8, 4) is 0 Å². The van der Waals surface area contributed by atoms with Crippen LogP contribution in [-0.2, 0) is 4.79 Å². The summed E-state index contributed by atoms with van der Waals surface area (Å²) in [4.78, 5) is 14.2. The number of hydrogen-bond donors (Lipinski definition) is 1. The number of unbranched alkanes of at least 4 members (excludes halogenated alkanes) is 2. The van der Waals surface area contributed by atoms with Crippen LogP contribution in [0.1, 0.15) is 45.4 Å². The minimum absolute atomic E-state index is 0.269. The zero-order valence-electron chi connectivity index (χ0n) is 10.5. The van der Waals surface area contributed by atoms with E-state index in [9.17, 15) is 4.79 Å². The van der Waals surface area contributed by atoms with E-state index in [1.54, 1.807) is 0 Å². The van der Waals surface area contributed by atoms with Gasteiger partial charge in [0.15, 0.2) is 0 Å². The summed E-state index contributed by atoms with van der Waals surface area (Å²) in [5.74, 6) is 0.640. The largest absolute Gasteiger partial charge is 0.345 e. The van der Waals surface area contributed by atoms with Gasteiger partial charge in [-0.1, -0.05) is 19.8 Å². The molecule has 0 radical (unpaired) electrons. The van der Waals surface area contributed by atoms with E-state index in [1.807, 2.05) is 11.9 Å². The molecule has 2 rings (SSSR count). The summed E-state index contributed by atoms with van der Waals surface area (Å²) < 4.78 is 0. The molecule has 0 aliphatic carbocycles. The lowest BCUT2D eigenvalue weighted by Crippen LogP contribution is -2.39. The third-order valence-corrected chi connectivity index (χ3v) is 4.09. The predicted octanol–water partition coefficient (Wildman–Crippen LogP) is 1.78. The van der Waals surface area contributed by atoms with Gasteiger partial charge in [-0.2, -0.15) is 0 Å². The first kappa shape index (κ1) is 11.9. The molecule has 0 saturated carbocycles. The number of rotatable bonds is 5. The van der Waals surface area contributed by atoms with E-state index in [0.717, 1.165) is 19.4 Å². The first-order valence-electron chi connectivity index (χ1n) is 6.73. The highest BCUT2D eigenvalue weighted by Crippen LogP contribution is 2.34. The van der Waals surface area contributed by atoms with Gasteiger partial charge in [-0.15, -0.1) is 0 Å². The van der Waals surface area contributed by atoms with E-state index in [4.69, 9.17) is 0 Å². The SMILES string of the molecule is CCCCCN(C)C(=O)C1CC2CCC1N2. The van der Waals surface area contributed by atoms with E-state index >= 15 is 0 Å². The molecule has 2 aliphatic heterocycles. The second-order valence-electron chi connectivity index (χ2n) is 5.36. The zero-order valence-corrected chi connectivity index (χ0v) is 10.5. The third kappa shape index (κ3) is 2.40. The lowest BCUT2D eigenvalue weighted by atomic mass is 9.88. The highest BCUT2D eigenvalue weighted by molar-refractivity contribution is 5.80. The number of fused-ring (bicyclic) bond motifs is 2. The number of nitrogens with one attached hydrogen (secondary N) is 1. The van der Waals surface area contributed by atoms with Crippen LogP contribution in [0.15, 0.2) is 0 Å². The Morgan fingerprint density at radius 2 is 2.19 bits per heavy atom. The Balaban J connectivity index is 1.78. The van der Waals surface area contributed by atoms with E-state index in [2.05, 4.69) is 12.2 Å². The molecule has 1 amide bonds. The maximum atomic E-state index is 12.2. The number of carbonyl (C=O) groups excluding carboxylic acids is 1. The molecule has 0 aromatic carbocycles. The van der Waals surface area contributed by atoms with Gasteiger partial charge in [0.1, 0.15) is 0 Å². The van der Waals surface area contributed by atoms with E-state index < -0.39 is 0 Å². The summed E-state index contributed by atoms with van der Waals surface area (Å²) in [5.41, 5.74) is 0. The summed E-state index contributed by atoms with van der Waals surface area (Å²) in [6.07, 6.45) is 7.14. The van der Waals surface area contributed by atoms with Crippen LogP contribution in [0.4, 0.5) is 0 Å². The van der Waals surface area contributed by atoms with Crippen molar-refractivity contribution in [2.45, 2.75) is 57.5 Å². The van der Waals surface area contributed by atoms with Crippen molar-refractivity contribution in [3.63, 3.8) is 0 Å². The van der Waals surface area contributed by atoms with Crippen LogP contribution in [-0.4, -0.2) is 36.5 Å². The third-order valence-electron chi connectivity index (χ3n) is 4.09. The van der Waals surface area contributed by atoms with E-state index in [1.165, 1.54) is 25.7 Å². The molecule has 3 nitrogen and oxygen atoms in total. The van der Waals surface area contributed by atoms with Crippen LogP contribution in [0.5, 0.6) is 0 Å². The van der Waals surface area contributed by atoms with Crippen molar-refractivity contribution in [1.29, 1.82) is 0 Å². The van der Waals surface area contributed by atoms with Crippen molar-refractivity contribution in [2.24, 2.45) is 5.92 Å². The highest BCUT2D eigenvalue weighted by Gasteiger charge is 2.43. The van der Waals surface area contributed by atoms with Crippen LogP contribution < -0.4 is 5.32 Å². The van der Waals surface area contributed by atoms with Crippen LogP contribution in [0.25, 0.3) is 0 Å². The Morgan fingerprint density at radius 3 is 2.75 bits per heavy atom. The van der Waals surface area contributed by atoms with Crippen LogP contribution in [0.3, 0.4) is 0 Å². The Kier molecular flexibility index (Phi) is 3.85. The zero-order chi connectivity index (χ0) is 11.5. The molecule has 0 aromatic heterocycles. The first-order chi connectivity index (χ1) is 7.72. The Hall–Kier alpha value is -0.570. The van der Waals surface area contributed by atoms with Gasteiger partial charge in [-0.3, -0.25) is 4.79 Å². The molecule has 2 fully saturated rings. The molecule has 3 unspecified atom stereocenters. The Labute approximate surface area is 98.6 Å². The minimum Gasteiger partial charge on any atom is -0.345 e. The van der Waals surface area contributed by atoms with E-state index in [-0.39, 0.29) is 5.92 Å². The van der Waals surface area contributed by atoms with Gasteiger partial charge in [0, 0.05) is 25.7 Å². The van der Waals surface area contributed by atoms with Crippen LogP contribution in [0.2, 0.25) is 0 Å². The standard InChI is InChI=1S/C13H24N2O/c1-3-4-5-8-15(2)13(16)11-9-10-6-7-12(11)14-10/h10-12,14H,3-9H2,1-2H3. The summed E-state index contributed by atoms with van der Waals surface area (Å²) in [6.45, 7) is 3.13. The van der Waals surface area contributed by atoms with Crippen molar-refractivity contribution in [3.05, 3.63) is 0 Å². The predicted molar refractivity (Wildman–Crippen MR) is 65.2 cm³/mol. The van der Waals surface area contributed by atoms with Gasteiger partial charge < -0.3 is 10.2 Å². The highest BCUT2D eigenvalue weighted by atomic mass is 16.2. The minimum atomic E-state index is 0.269. The molecule has 16 heavy (non-hydrogen) atoms. The second kappa shape index (κ2) is 5.17. The molecular formula is C13H24N2O. The molecule has 2 heterocycles. The van der Waals surface area contributed by atoms with Crippen molar-refractivity contribution < 1.29 is 4.79 Å². The van der Waals surface area contributed by atoms with Crippen molar-refractivity contribution >= 4 is 5.91 Å². The van der Waals surface area contributed by atoms with Gasteiger partial charge in [0.2, 0.25) is 5.91 Å². The summed E-state index contributed by atoms with van der Waals surface area (Å²) >= 11 is 0. The number of carbonyl (C=O) groups is 1. The van der Waals surface area contributed by atoms with E-state index in [0.29, 0.717) is 18.0 Å². The first-order valence-corrected chi connectivity index (χ1v) is 6.73. The summed E-state index contributed by atoms with van der Waals surface area (Å²) in [7, 11) is 1.96. The average molecular weight is 224 g/mol. The summed E-state index contributed by atoms with van der Waals surface area (Å²) in [6, 6.07) is 1.11. The molecule has 2 saturated heterocycles. The van der Waals surface area contributed by atoms with Crippen molar-refractivity contribution in [1.82, 2.24) is 10.2 Å². The molecule has 1 N–H and O–H groups in total. The number of nitrogens with zero attached hydrogens (tertiary/aromatic N) is 1. The number of amides is 1. The fourth-order valence-electron chi connectivity index (χ4n) is 3.09. The average Bonchev–Trinajstić information content (AvgIpc) is 2.90. The molecule has 92 valence electrons. The van der Waals surface area contributed by atoms with Gasteiger partial charge >= 0.3 is 0 Å². The molecule has 0 spiro atoms. The van der Waals surface area contributed by atoms with Gasteiger partial charge in [-0.25, -0.2) is 0 Å². The lowest BCUT2D eigenvalue weighted by molar-refractivity contribution is -0.134. The van der Waals surface area contributed by atoms with Crippen LogP contribution in [0, 0.1) is 5.92 Å². The maximum absolute atomic E-state index is 12.2. The van der Waals surface area contributed by atoms with Gasteiger partial charge in [0.05, 0.1) is 5.92 Å². The molecule has 3 atom stereocenters. The molecule has 2 aliphatic rings.